The SMILES string of the molecule is O=C(C(=O)[N+](c1ccc(Cl)cc1Cl)=S(=O)=O)[N+](c1ccc(Cl)cc1Cl)=S(=O)=O. The molecule has 146 valence electrons. The van der Waals surface area contributed by atoms with Gasteiger partial charge >= 0.3 is 32.8 Å². The van der Waals surface area contributed by atoms with Crippen LogP contribution in [0.2, 0.25) is 20.1 Å². The van der Waals surface area contributed by atoms with Gasteiger partial charge in [0.15, 0.2) is 0 Å². The summed E-state index contributed by atoms with van der Waals surface area (Å²) < 4.78 is 46.3. The molecule has 28 heavy (non-hydrogen) atoms. The van der Waals surface area contributed by atoms with Crippen molar-refractivity contribution in [1.82, 2.24) is 0 Å². The second-order valence-electron chi connectivity index (χ2n) is 4.82. The lowest BCUT2D eigenvalue weighted by Gasteiger charge is -1.98. The van der Waals surface area contributed by atoms with Gasteiger partial charge in [-0.1, -0.05) is 46.4 Å². The zero-order valence-electron chi connectivity index (χ0n) is 13.1. The first-order valence-corrected chi connectivity index (χ1v) is 10.4. The van der Waals surface area contributed by atoms with Gasteiger partial charge in [0.05, 0.1) is 0 Å². The number of hydrogen-bond donors (Lipinski definition) is 0. The Morgan fingerprint density at radius 1 is 0.643 bits per heavy atom. The molecule has 2 aromatic carbocycles. The maximum absolute atomic E-state index is 12.5. The Bertz CT molecular complexity index is 1190. The van der Waals surface area contributed by atoms with Gasteiger partial charge in [-0.3, -0.25) is 0 Å². The van der Waals surface area contributed by atoms with E-state index in [1.807, 2.05) is 0 Å². The van der Waals surface area contributed by atoms with Crippen molar-refractivity contribution in [3.8, 4) is 0 Å². The van der Waals surface area contributed by atoms with Crippen LogP contribution in [0.3, 0.4) is 0 Å². The van der Waals surface area contributed by atoms with E-state index in [2.05, 4.69) is 0 Å². The number of halogens is 4. The van der Waals surface area contributed by atoms with E-state index in [0.29, 0.717) is 0 Å². The summed E-state index contributed by atoms with van der Waals surface area (Å²) in [7, 11) is -6.63. The second kappa shape index (κ2) is 9.12. The summed E-state index contributed by atoms with van der Waals surface area (Å²) >= 11 is 23.2. The fourth-order valence-corrected chi connectivity index (χ4v) is 4.13. The van der Waals surface area contributed by atoms with Gasteiger partial charge in [0.2, 0.25) is 0 Å². The van der Waals surface area contributed by atoms with E-state index >= 15 is 0 Å². The number of benzene rings is 2. The second-order valence-corrected chi connectivity index (χ2v) is 8.11. The van der Waals surface area contributed by atoms with Gasteiger partial charge in [0, 0.05) is 30.1 Å². The standard InChI is InChI=1S/C14H6Cl4N2O6S2/c15-7-1-3-11(9(17)5-7)19(27(23)24)13(21)14(22)20(28(25)26)12-4-2-8(16)6-10(12)18/h1-6H/q+2. The number of amides is 2. The molecule has 0 aliphatic heterocycles. The van der Waals surface area contributed by atoms with E-state index in [4.69, 9.17) is 46.4 Å². The summed E-state index contributed by atoms with van der Waals surface area (Å²) in [4.78, 5) is 25.1. The van der Waals surface area contributed by atoms with Gasteiger partial charge in [-0.25, -0.2) is 9.59 Å². The molecule has 2 amide bonds. The van der Waals surface area contributed by atoms with E-state index in [0.717, 1.165) is 24.3 Å². The number of hydrogen-bond acceptors (Lipinski definition) is 6. The molecule has 2 rings (SSSR count). The highest BCUT2D eigenvalue weighted by Gasteiger charge is 2.45. The van der Waals surface area contributed by atoms with Crippen LogP contribution in [0.1, 0.15) is 0 Å². The third-order valence-corrected chi connectivity index (χ3v) is 5.50. The van der Waals surface area contributed by atoms with Crippen LogP contribution in [0.4, 0.5) is 11.4 Å². The molecule has 0 atom stereocenters. The lowest BCUT2D eigenvalue weighted by Crippen LogP contribution is -2.32. The molecule has 14 heteroatoms. The lowest BCUT2D eigenvalue weighted by atomic mass is 10.3. The third-order valence-electron chi connectivity index (χ3n) is 3.11. The number of rotatable bonds is 2. The van der Waals surface area contributed by atoms with Gasteiger partial charge in [-0.2, -0.15) is 0 Å². The van der Waals surface area contributed by atoms with Crippen LogP contribution >= 0.6 is 46.4 Å². The van der Waals surface area contributed by atoms with Gasteiger partial charge < -0.3 is 0 Å². The summed E-state index contributed by atoms with van der Waals surface area (Å²) in [5, 5.41) is -0.256. The van der Waals surface area contributed by atoms with E-state index in [1.165, 1.54) is 12.1 Å². The Morgan fingerprint density at radius 3 is 1.21 bits per heavy atom. The van der Waals surface area contributed by atoms with Crippen LogP contribution in [-0.4, -0.2) is 36.5 Å². The molecule has 0 bridgehead atoms. The highest BCUT2D eigenvalue weighted by Crippen LogP contribution is 2.30. The summed E-state index contributed by atoms with van der Waals surface area (Å²) in [6.45, 7) is 0. The quantitative estimate of drug-likeness (QED) is 0.458. The highest BCUT2D eigenvalue weighted by atomic mass is 35.5. The van der Waals surface area contributed by atoms with Crippen LogP contribution in [0.5, 0.6) is 0 Å². The molecule has 2 aromatic rings. The molecular weight excluding hydrogens is 498 g/mol. The normalized spacial score (nSPS) is 10.3. The highest BCUT2D eigenvalue weighted by molar-refractivity contribution is 7.59. The van der Waals surface area contributed by atoms with Crippen LogP contribution in [0.25, 0.3) is 0 Å². The molecule has 0 aromatic heterocycles. The van der Waals surface area contributed by atoms with E-state index in [-0.39, 0.29) is 28.0 Å². The van der Waals surface area contributed by atoms with Crippen molar-refractivity contribution in [2.75, 3.05) is 0 Å². The molecule has 0 aliphatic rings. The summed E-state index contributed by atoms with van der Waals surface area (Å²) in [6.07, 6.45) is 0. The van der Waals surface area contributed by atoms with E-state index < -0.39 is 44.2 Å². The van der Waals surface area contributed by atoms with Crippen LogP contribution in [-0.2, 0) is 30.6 Å². The topological polar surface area (TPSA) is 108 Å². The molecule has 0 N–H and O–H groups in total. The minimum absolute atomic E-state index is 0.00925. The molecule has 0 fully saturated rings. The van der Waals surface area contributed by atoms with Crippen molar-refractivity contribution in [1.29, 1.82) is 0 Å². The number of carbonyl (C=O) groups is 2. The maximum atomic E-state index is 12.5. The molecule has 0 radical (unpaired) electrons. The Balaban J connectivity index is 2.67. The zero-order chi connectivity index (χ0) is 21.2. The van der Waals surface area contributed by atoms with Crippen LogP contribution in [0.15, 0.2) is 36.4 Å². The predicted octanol–water partition coefficient (Wildman–Crippen LogP) is 3.47. The molecule has 0 unspecified atom stereocenters. The molecule has 0 spiro atoms. The van der Waals surface area contributed by atoms with Crippen molar-refractivity contribution in [3.05, 3.63) is 56.5 Å². The van der Waals surface area contributed by atoms with Crippen LogP contribution in [0, 0.1) is 0 Å². The Hall–Kier alpha value is -1.82. The fraction of sp³-hybridized carbons (Fsp3) is 0. The fourth-order valence-electron chi connectivity index (χ4n) is 1.98. The van der Waals surface area contributed by atoms with Gasteiger partial charge in [-0.05, 0) is 24.3 Å². The first-order chi connectivity index (χ1) is 13.0. The van der Waals surface area contributed by atoms with Crippen molar-refractivity contribution in [3.63, 3.8) is 0 Å². The van der Waals surface area contributed by atoms with Gasteiger partial charge in [0.1, 0.15) is 10.0 Å². The van der Waals surface area contributed by atoms with Crippen molar-refractivity contribution in [2.24, 2.45) is 0 Å². The van der Waals surface area contributed by atoms with Crippen molar-refractivity contribution in [2.45, 2.75) is 0 Å². The number of carbonyl (C=O) groups excluding carboxylic acids is 2. The smallest absolute Gasteiger partial charge is 0.201 e. The molecule has 0 saturated carbocycles. The van der Waals surface area contributed by atoms with Crippen molar-refractivity contribution < 1.29 is 34.3 Å². The Labute approximate surface area is 180 Å². The number of nitrogens with zero attached hydrogens (tertiary/aromatic N) is 2. The summed E-state index contributed by atoms with van der Waals surface area (Å²) in [5.74, 6) is -3.46. The first kappa shape index (κ1) is 22.5. The Morgan fingerprint density at radius 2 is 0.964 bits per heavy atom. The minimum Gasteiger partial charge on any atom is -0.201 e. The maximum Gasteiger partial charge on any atom is 0.554 e. The molecule has 0 saturated heterocycles. The predicted molar refractivity (Wildman–Crippen MR) is 101 cm³/mol. The zero-order valence-corrected chi connectivity index (χ0v) is 17.8. The average Bonchev–Trinajstić information content (AvgIpc) is 2.58. The average molecular weight is 504 g/mol. The molecule has 8 nitrogen and oxygen atoms in total. The van der Waals surface area contributed by atoms with Gasteiger partial charge in [0.25, 0.3) is 11.4 Å². The molecule has 0 aliphatic carbocycles. The largest absolute Gasteiger partial charge is 0.554 e. The monoisotopic (exact) mass is 502 g/mol. The Kier molecular flexibility index (Phi) is 7.32. The van der Waals surface area contributed by atoms with Crippen molar-refractivity contribution >= 4 is 90.6 Å². The lowest BCUT2D eigenvalue weighted by molar-refractivity contribution is -0.382. The minimum atomic E-state index is -3.31. The van der Waals surface area contributed by atoms with Crippen LogP contribution < -0.4 is 0 Å². The first-order valence-electron chi connectivity index (χ1n) is 6.82. The third kappa shape index (κ3) is 4.77. The van der Waals surface area contributed by atoms with E-state index in [9.17, 15) is 26.4 Å². The summed E-state index contributed by atoms with van der Waals surface area (Å²) in [5.41, 5.74) is -0.812. The summed E-state index contributed by atoms with van der Waals surface area (Å²) in [6, 6.07) is 6.85. The molecule has 0 heterocycles. The van der Waals surface area contributed by atoms with Gasteiger partial charge in [-0.15, -0.1) is 16.8 Å². The van der Waals surface area contributed by atoms with E-state index in [1.54, 1.807) is 0 Å². The molecular formula is C14H6Cl4N2O6S2+2.